The van der Waals surface area contributed by atoms with Gasteiger partial charge in [0.1, 0.15) is 0 Å². The summed E-state index contributed by atoms with van der Waals surface area (Å²) in [5, 5.41) is 0.566. The van der Waals surface area contributed by atoms with E-state index in [0.29, 0.717) is 34.5 Å². The summed E-state index contributed by atoms with van der Waals surface area (Å²) in [5.41, 5.74) is 0. The summed E-state index contributed by atoms with van der Waals surface area (Å²) in [5.74, 6) is 0. The van der Waals surface area contributed by atoms with Crippen molar-refractivity contribution in [3.05, 3.63) is 28.7 Å². The first-order chi connectivity index (χ1) is 8.57. The van der Waals surface area contributed by atoms with Crippen LogP contribution in [0.2, 0.25) is 0 Å². The molecule has 1 heterocycles. The predicted molar refractivity (Wildman–Crippen MR) is 76.4 cm³/mol. The molecule has 1 aliphatic rings. The number of nitrogens with zero attached hydrogens (tertiary/aromatic N) is 1. The van der Waals surface area contributed by atoms with Gasteiger partial charge in [0.15, 0.2) is 0 Å². The van der Waals surface area contributed by atoms with Crippen LogP contribution in [0.4, 0.5) is 0 Å². The average Bonchev–Trinajstić information content (AvgIpc) is 2.39. The smallest absolute Gasteiger partial charge is 0.244 e. The van der Waals surface area contributed by atoms with Gasteiger partial charge < -0.3 is 4.74 Å². The molecule has 100 valence electrons. The van der Waals surface area contributed by atoms with Gasteiger partial charge in [0.05, 0.1) is 24.2 Å². The van der Waals surface area contributed by atoms with Gasteiger partial charge in [0.2, 0.25) is 10.0 Å². The molecular formula is C11H13Br2NO3S. The van der Waals surface area contributed by atoms with Gasteiger partial charge >= 0.3 is 0 Å². The lowest BCUT2D eigenvalue weighted by atomic mass is 10.3. The van der Waals surface area contributed by atoms with Crippen molar-refractivity contribution in [3.63, 3.8) is 0 Å². The van der Waals surface area contributed by atoms with E-state index in [0.717, 1.165) is 0 Å². The number of hydrogen-bond donors (Lipinski definition) is 0. The Morgan fingerprint density at radius 2 is 2.11 bits per heavy atom. The molecule has 4 nitrogen and oxygen atoms in total. The number of benzene rings is 1. The maximum absolute atomic E-state index is 12.6. The number of sulfonamides is 1. The lowest BCUT2D eigenvalue weighted by Gasteiger charge is -2.33. The molecule has 1 unspecified atom stereocenters. The van der Waals surface area contributed by atoms with Crippen LogP contribution >= 0.6 is 31.9 Å². The van der Waals surface area contributed by atoms with Crippen LogP contribution in [0.15, 0.2) is 33.6 Å². The monoisotopic (exact) mass is 397 g/mol. The molecule has 0 amide bonds. The van der Waals surface area contributed by atoms with Gasteiger partial charge in [0.25, 0.3) is 0 Å². The highest BCUT2D eigenvalue weighted by Gasteiger charge is 2.34. The first-order valence-corrected chi connectivity index (χ1v) is 8.83. The Hall–Kier alpha value is 0.0500. The van der Waals surface area contributed by atoms with Gasteiger partial charge in [-0.3, -0.25) is 0 Å². The van der Waals surface area contributed by atoms with Gasteiger partial charge in [0, 0.05) is 16.3 Å². The third-order valence-electron chi connectivity index (χ3n) is 2.77. The van der Waals surface area contributed by atoms with E-state index in [-0.39, 0.29) is 6.04 Å². The highest BCUT2D eigenvalue weighted by molar-refractivity contribution is 9.10. The van der Waals surface area contributed by atoms with E-state index in [4.69, 9.17) is 4.74 Å². The topological polar surface area (TPSA) is 46.6 Å². The van der Waals surface area contributed by atoms with E-state index in [1.54, 1.807) is 24.3 Å². The number of ether oxygens (including phenoxy) is 1. The Labute approximate surface area is 124 Å². The molecule has 7 heteroatoms. The summed E-state index contributed by atoms with van der Waals surface area (Å²) in [4.78, 5) is 0.304. The largest absolute Gasteiger partial charge is 0.378 e. The molecule has 1 aromatic rings. The molecule has 0 bridgehead atoms. The van der Waals surface area contributed by atoms with Crippen LogP contribution in [0, 0.1) is 0 Å². The third kappa shape index (κ3) is 2.80. The summed E-state index contributed by atoms with van der Waals surface area (Å²) in [7, 11) is -3.48. The molecule has 0 saturated carbocycles. The molecule has 0 radical (unpaired) electrons. The Morgan fingerprint density at radius 3 is 2.78 bits per heavy atom. The fourth-order valence-corrected chi connectivity index (χ4v) is 5.14. The zero-order valence-electron chi connectivity index (χ0n) is 9.55. The third-order valence-corrected chi connectivity index (χ3v) is 6.49. The minimum Gasteiger partial charge on any atom is -0.378 e. The maximum Gasteiger partial charge on any atom is 0.244 e. The normalized spacial score (nSPS) is 22.0. The van der Waals surface area contributed by atoms with Gasteiger partial charge in [-0.2, -0.15) is 4.31 Å². The predicted octanol–water partition coefficient (Wildman–Crippen LogP) is 2.23. The highest BCUT2D eigenvalue weighted by atomic mass is 79.9. The standard InChI is InChI=1S/C11H13Br2NO3S/c12-7-9-8-17-6-5-14(9)18(15,16)11-4-2-1-3-10(11)13/h1-4,9H,5-8H2. The van der Waals surface area contributed by atoms with Crippen molar-refractivity contribution in [2.24, 2.45) is 0 Å². The summed E-state index contributed by atoms with van der Waals surface area (Å²) in [6, 6.07) is 6.71. The van der Waals surface area contributed by atoms with Gasteiger partial charge in [-0.05, 0) is 28.1 Å². The van der Waals surface area contributed by atoms with Crippen LogP contribution < -0.4 is 0 Å². The molecule has 0 aliphatic carbocycles. The van der Waals surface area contributed by atoms with E-state index >= 15 is 0 Å². The summed E-state index contributed by atoms with van der Waals surface area (Å²) >= 11 is 6.63. The van der Waals surface area contributed by atoms with Crippen LogP contribution in [0.3, 0.4) is 0 Å². The molecule has 1 aliphatic heterocycles. The van der Waals surface area contributed by atoms with Crippen molar-refractivity contribution in [1.82, 2.24) is 4.31 Å². The van der Waals surface area contributed by atoms with Gasteiger partial charge in [-0.1, -0.05) is 28.1 Å². The number of rotatable bonds is 3. The second-order valence-electron chi connectivity index (χ2n) is 3.93. The van der Waals surface area contributed by atoms with Crippen LogP contribution in [0.1, 0.15) is 0 Å². The lowest BCUT2D eigenvalue weighted by molar-refractivity contribution is 0.0413. The zero-order valence-corrected chi connectivity index (χ0v) is 13.5. The molecule has 18 heavy (non-hydrogen) atoms. The lowest BCUT2D eigenvalue weighted by Crippen LogP contribution is -2.49. The van der Waals surface area contributed by atoms with Crippen molar-refractivity contribution < 1.29 is 13.2 Å². The second kappa shape index (κ2) is 6.00. The van der Waals surface area contributed by atoms with E-state index in [2.05, 4.69) is 31.9 Å². The van der Waals surface area contributed by atoms with E-state index in [1.807, 2.05) is 0 Å². The molecule has 2 rings (SSSR count). The molecule has 0 N–H and O–H groups in total. The molecule has 1 atom stereocenters. The first-order valence-electron chi connectivity index (χ1n) is 5.47. The second-order valence-corrected chi connectivity index (χ2v) is 7.29. The summed E-state index contributed by atoms with van der Waals surface area (Å²) < 4.78 is 32.6. The van der Waals surface area contributed by atoms with E-state index in [9.17, 15) is 8.42 Å². The minimum absolute atomic E-state index is 0.157. The van der Waals surface area contributed by atoms with Crippen LogP contribution in [0.5, 0.6) is 0 Å². The Kier molecular flexibility index (Phi) is 4.82. The van der Waals surface area contributed by atoms with E-state index < -0.39 is 10.0 Å². The number of hydrogen-bond acceptors (Lipinski definition) is 3. The number of alkyl halides is 1. The maximum atomic E-state index is 12.6. The van der Waals surface area contributed by atoms with E-state index in [1.165, 1.54) is 4.31 Å². The van der Waals surface area contributed by atoms with Crippen LogP contribution in [-0.4, -0.2) is 43.9 Å². The minimum atomic E-state index is -3.48. The summed E-state index contributed by atoms with van der Waals surface area (Å²) in [6.07, 6.45) is 0. The Morgan fingerprint density at radius 1 is 1.39 bits per heavy atom. The van der Waals surface area contributed by atoms with Crippen LogP contribution in [0.25, 0.3) is 0 Å². The summed E-state index contributed by atoms with van der Waals surface area (Å²) in [6.45, 7) is 1.25. The van der Waals surface area contributed by atoms with Gasteiger partial charge in [-0.25, -0.2) is 8.42 Å². The Bertz CT molecular complexity index is 521. The fourth-order valence-electron chi connectivity index (χ4n) is 1.86. The van der Waals surface area contributed by atoms with Crippen molar-refractivity contribution >= 4 is 41.9 Å². The molecule has 0 aromatic heterocycles. The highest BCUT2D eigenvalue weighted by Crippen LogP contribution is 2.27. The number of morpholine rings is 1. The van der Waals surface area contributed by atoms with Crippen molar-refractivity contribution in [1.29, 1.82) is 0 Å². The molecule has 1 saturated heterocycles. The molecule has 0 spiro atoms. The molecule has 1 fully saturated rings. The quantitative estimate of drug-likeness (QED) is 0.733. The Balaban J connectivity index is 2.39. The van der Waals surface area contributed by atoms with Crippen LogP contribution in [-0.2, 0) is 14.8 Å². The van der Waals surface area contributed by atoms with Gasteiger partial charge in [-0.15, -0.1) is 0 Å². The number of halogens is 2. The van der Waals surface area contributed by atoms with Crippen molar-refractivity contribution in [2.75, 3.05) is 25.1 Å². The average molecular weight is 399 g/mol. The molecule has 1 aromatic carbocycles. The first kappa shape index (κ1) is 14.5. The van der Waals surface area contributed by atoms with Crippen molar-refractivity contribution in [2.45, 2.75) is 10.9 Å². The SMILES string of the molecule is O=S(=O)(c1ccccc1Br)N1CCOCC1CBr. The fraction of sp³-hybridized carbons (Fsp3) is 0.455. The zero-order chi connectivity index (χ0) is 13.2. The molecular weight excluding hydrogens is 386 g/mol. The van der Waals surface area contributed by atoms with Crippen molar-refractivity contribution in [3.8, 4) is 0 Å².